The number of anilines is 1. The predicted molar refractivity (Wildman–Crippen MR) is 118 cm³/mol. The molecule has 2 aromatic carbocycles. The number of amides is 2. The van der Waals surface area contributed by atoms with E-state index in [9.17, 15) is 32.3 Å². The molecule has 4 rings (SSSR count). The Balaban J connectivity index is 1.55. The second-order valence-electron chi connectivity index (χ2n) is 8.38. The van der Waals surface area contributed by atoms with Crippen molar-refractivity contribution >= 4 is 23.6 Å². The molecule has 9 heteroatoms. The van der Waals surface area contributed by atoms with Crippen molar-refractivity contribution in [1.29, 1.82) is 0 Å². The number of carbonyl (C=O) groups is 2. The number of hydrogen-bond acceptors (Lipinski definition) is 3. The van der Waals surface area contributed by atoms with Crippen molar-refractivity contribution in [3.8, 4) is 0 Å². The molecule has 1 heterocycles. The molecule has 5 nitrogen and oxygen atoms in total. The molecule has 1 saturated carbocycles. The van der Waals surface area contributed by atoms with Gasteiger partial charge >= 0.3 is 6.18 Å². The number of alkyl halides is 3. The highest BCUT2D eigenvalue weighted by Crippen LogP contribution is 2.35. The van der Waals surface area contributed by atoms with Gasteiger partial charge in [0.2, 0.25) is 0 Å². The molecule has 2 aromatic rings. The van der Waals surface area contributed by atoms with Gasteiger partial charge in [-0.15, -0.1) is 0 Å². The fourth-order valence-corrected chi connectivity index (χ4v) is 4.32. The summed E-state index contributed by atoms with van der Waals surface area (Å²) < 4.78 is 53.1. The molecule has 0 atom stereocenters. The second kappa shape index (κ2) is 9.32. The van der Waals surface area contributed by atoms with Crippen LogP contribution in [0.2, 0.25) is 0 Å². The zero-order valence-corrected chi connectivity index (χ0v) is 18.0. The molecule has 0 spiro atoms. The topological polar surface area (TPSA) is 78.4 Å². The third-order valence-electron chi connectivity index (χ3n) is 6.06. The summed E-state index contributed by atoms with van der Waals surface area (Å²) in [6, 6.07) is 9.24. The average molecular weight is 474 g/mol. The van der Waals surface area contributed by atoms with Crippen LogP contribution < -0.4 is 10.6 Å². The van der Waals surface area contributed by atoms with E-state index in [0.29, 0.717) is 17.7 Å². The Labute approximate surface area is 193 Å². The Morgan fingerprint density at radius 3 is 2.38 bits per heavy atom. The first-order chi connectivity index (χ1) is 16.1. The molecule has 2 aliphatic rings. The zero-order chi connectivity index (χ0) is 24.5. The van der Waals surface area contributed by atoms with Crippen LogP contribution in [0.5, 0.6) is 0 Å². The van der Waals surface area contributed by atoms with Crippen LogP contribution in [0.25, 0.3) is 6.08 Å². The molecule has 34 heavy (non-hydrogen) atoms. The quantitative estimate of drug-likeness (QED) is 0.386. The van der Waals surface area contributed by atoms with E-state index in [1.807, 2.05) is 12.1 Å². The molecule has 0 radical (unpaired) electrons. The van der Waals surface area contributed by atoms with E-state index < -0.39 is 46.3 Å². The zero-order valence-electron chi connectivity index (χ0n) is 18.0. The summed E-state index contributed by atoms with van der Waals surface area (Å²) in [5.41, 5.74) is -1.19. The van der Waals surface area contributed by atoms with Gasteiger partial charge in [0.15, 0.2) is 5.76 Å². The van der Waals surface area contributed by atoms with E-state index in [1.165, 1.54) is 24.8 Å². The van der Waals surface area contributed by atoms with Crippen molar-refractivity contribution in [2.24, 2.45) is 0 Å². The van der Waals surface area contributed by atoms with Crippen molar-refractivity contribution in [3.05, 3.63) is 82.0 Å². The van der Waals surface area contributed by atoms with Gasteiger partial charge in [-0.3, -0.25) is 9.59 Å². The lowest BCUT2D eigenvalue weighted by Gasteiger charge is -2.22. The van der Waals surface area contributed by atoms with Crippen LogP contribution >= 0.6 is 0 Å². The first kappa shape index (κ1) is 23.5. The minimum absolute atomic E-state index is 0.314. The van der Waals surface area contributed by atoms with E-state index in [1.54, 1.807) is 12.1 Å². The van der Waals surface area contributed by atoms with E-state index in [4.69, 9.17) is 0 Å². The number of aliphatic hydroxyl groups excluding tert-OH is 1. The number of halogens is 4. The van der Waals surface area contributed by atoms with Crippen molar-refractivity contribution in [2.75, 3.05) is 5.32 Å². The van der Waals surface area contributed by atoms with Crippen LogP contribution in [-0.2, 0) is 15.8 Å². The summed E-state index contributed by atoms with van der Waals surface area (Å²) in [5, 5.41) is 15.1. The SMILES string of the molecule is O=C1N/C(=C/c2ccc(F)cc2C(F)(F)F)C(O)=C1C(=O)Nc1ccc(C2CCCCC2)cc1. The molecular weight excluding hydrogens is 452 g/mol. The Morgan fingerprint density at radius 2 is 1.74 bits per heavy atom. The second-order valence-corrected chi connectivity index (χ2v) is 8.38. The van der Waals surface area contributed by atoms with Gasteiger partial charge < -0.3 is 15.7 Å². The molecule has 0 unspecified atom stereocenters. The van der Waals surface area contributed by atoms with E-state index in [2.05, 4.69) is 10.6 Å². The molecule has 1 aliphatic heterocycles. The largest absolute Gasteiger partial charge is 0.505 e. The summed E-state index contributed by atoms with van der Waals surface area (Å²) in [4.78, 5) is 24.9. The maximum atomic E-state index is 13.3. The van der Waals surface area contributed by atoms with Gasteiger partial charge in [-0.25, -0.2) is 4.39 Å². The van der Waals surface area contributed by atoms with Gasteiger partial charge in [0.05, 0.1) is 11.3 Å². The summed E-state index contributed by atoms with van der Waals surface area (Å²) >= 11 is 0. The normalized spacial score (nSPS) is 18.4. The monoisotopic (exact) mass is 474 g/mol. The van der Waals surface area contributed by atoms with Crippen molar-refractivity contribution in [1.82, 2.24) is 5.32 Å². The average Bonchev–Trinajstić information content (AvgIpc) is 3.08. The highest BCUT2D eigenvalue weighted by atomic mass is 19.4. The smallest absolute Gasteiger partial charge is 0.417 e. The van der Waals surface area contributed by atoms with Gasteiger partial charge in [-0.1, -0.05) is 37.5 Å². The lowest BCUT2D eigenvalue weighted by atomic mass is 9.84. The fourth-order valence-electron chi connectivity index (χ4n) is 4.32. The van der Waals surface area contributed by atoms with Crippen molar-refractivity contribution < 1.29 is 32.3 Å². The first-order valence-electron chi connectivity index (χ1n) is 10.9. The maximum Gasteiger partial charge on any atom is 0.417 e. The highest BCUT2D eigenvalue weighted by Gasteiger charge is 2.36. The Hall–Kier alpha value is -3.62. The van der Waals surface area contributed by atoms with Crippen molar-refractivity contribution in [2.45, 2.75) is 44.2 Å². The molecule has 1 fully saturated rings. The summed E-state index contributed by atoms with van der Waals surface area (Å²) in [6.45, 7) is 0. The fraction of sp³-hybridized carbons (Fsp3) is 0.280. The van der Waals surface area contributed by atoms with Crippen LogP contribution in [0.1, 0.15) is 54.7 Å². The minimum atomic E-state index is -4.86. The van der Waals surface area contributed by atoms with Crippen LogP contribution in [0.3, 0.4) is 0 Å². The third-order valence-corrected chi connectivity index (χ3v) is 6.06. The van der Waals surface area contributed by atoms with Gasteiger partial charge in [0.25, 0.3) is 11.8 Å². The number of aliphatic hydroxyl groups is 1. The van der Waals surface area contributed by atoms with Crippen LogP contribution in [-0.4, -0.2) is 16.9 Å². The number of carbonyl (C=O) groups excluding carboxylic acids is 2. The van der Waals surface area contributed by atoms with Crippen LogP contribution in [0, 0.1) is 5.82 Å². The van der Waals surface area contributed by atoms with Crippen LogP contribution in [0.15, 0.2) is 59.5 Å². The minimum Gasteiger partial charge on any atom is -0.505 e. The maximum absolute atomic E-state index is 13.3. The Kier molecular flexibility index (Phi) is 6.45. The lowest BCUT2D eigenvalue weighted by molar-refractivity contribution is -0.138. The predicted octanol–water partition coefficient (Wildman–Crippen LogP) is 5.81. The highest BCUT2D eigenvalue weighted by molar-refractivity contribution is 6.25. The molecule has 1 aliphatic carbocycles. The number of nitrogens with one attached hydrogen (secondary N) is 2. The van der Waals surface area contributed by atoms with E-state index in [-0.39, 0.29) is 5.70 Å². The van der Waals surface area contributed by atoms with Gasteiger partial charge in [-0.2, -0.15) is 13.2 Å². The molecule has 2 amide bonds. The molecular formula is C25H22F4N2O3. The molecule has 3 N–H and O–H groups in total. The van der Waals surface area contributed by atoms with Crippen LogP contribution in [0.4, 0.5) is 23.2 Å². The third kappa shape index (κ3) is 4.98. The van der Waals surface area contributed by atoms with E-state index >= 15 is 0 Å². The summed E-state index contributed by atoms with van der Waals surface area (Å²) in [6.07, 6.45) is 1.82. The molecule has 178 valence electrons. The lowest BCUT2D eigenvalue weighted by Crippen LogP contribution is -2.24. The molecule has 0 saturated heterocycles. The molecule has 0 bridgehead atoms. The number of rotatable bonds is 4. The molecule has 0 aromatic heterocycles. The number of hydrogen-bond donors (Lipinski definition) is 3. The first-order valence-corrected chi connectivity index (χ1v) is 10.9. The van der Waals surface area contributed by atoms with E-state index in [0.717, 1.165) is 31.1 Å². The summed E-state index contributed by atoms with van der Waals surface area (Å²) in [7, 11) is 0. The van der Waals surface area contributed by atoms with Crippen molar-refractivity contribution in [3.63, 3.8) is 0 Å². The van der Waals surface area contributed by atoms with Gasteiger partial charge in [-0.05, 0) is 60.2 Å². The standard InChI is InChI=1S/C25H22F4N2O3/c26-17-9-6-16(19(13-17)25(27,28)29)12-20-22(32)21(24(34)31-20)23(33)30-18-10-7-15(8-11-18)14-4-2-1-3-5-14/h6-14,32H,1-5H2,(H,30,33)(H,31,34)/b20-12+. The summed E-state index contributed by atoms with van der Waals surface area (Å²) in [5.74, 6) is -3.26. The Morgan fingerprint density at radius 1 is 1.06 bits per heavy atom. The Bertz CT molecular complexity index is 1180. The van der Waals surface area contributed by atoms with Gasteiger partial charge in [0, 0.05) is 5.69 Å². The van der Waals surface area contributed by atoms with Gasteiger partial charge in [0.1, 0.15) is 11.4 Å². The number of benzene rings is 2.